The van der Waals surface area contributed by atoms with E-state index in [1.165, 1.54) is 0 Å². The Balaban J connectivity index is 2.32. The zero-order chi connectivity index (χ0) is 15.0. The van der Waals surface area contributed by atoms with E-state index in [0.29, 0.717) is 16.7 Å². The van der Waals surface area contributed by atoms with Gasteiger partial charge < -0.3 is 10.2 Å². The second-order valence-electron chi connectivity index (χ2n) is 6.02. The molecule has 0 bridgehead atoms. The van der Waals surface area contributed by atoms with Crippen molar-refractivity contribution < 1.29 is 10.2 Å². The van der Waals surface area contributed by atoms with E-state index in [1.807, 2.05) is 42.5 Å². The van der Waals surface area contributed by atoms with Gasteiger partial charge in [0.2, 0.25) is 0 Å². The molecule has 2 N–H and O–H groups in total. The van der Waals surface area contributed by atoms with Crippen LogP contribution in [0.3, 0.4) is 0 Å². The molecule has 0 aliphatic heterocycles. The SMILES string of the molecule is CC(C)CCc1cccc2c(O)c3ccccc3c(O)c12. The smallest absolute Gasteiger partial charge is 0.131 e. The minimum absolute atomic E-state index is 0.254. The van der Waals surface area contributed by atoms with Crippen molar-refractivity contribution >= 4 is 21.5 Å². The van der Waals surface area contributed by atoms with E-state index < -0.39 is 0 Å². The standard InChI is InChI=1S/C19H20O2/c1-12(2)10-11-13-6-5-9-16-17(13)19(21)15-8-4-3-7-14(15)18(16)20/h3-9,12,20-21H,10-11H2,1-2H3. The van der Waals surface area contributed by atoms with Gasteiger partial charge in [-0.05, 0) is 24.3 Å². The summed E-state index contributed by atoms with van der Waals surface area (Å²) in [6, 6.07) is 13.3. The molecule has 3 rings (SSSR count). The summed E-state index contributed by atoms with van der Waals surface area (Å²) in [4.78, 5) is 0. The fourth-order valence-corrected chi connectivity index (χ4v) is 2.91. The second kappa shape index (κ2) is 5.28. The molecule has 0 heterocycles. The van der Waals surface area contributed by atoms with Crippen LogP contribution in [0.2, 0.25) is 0 Å². The van der Waals surface area contributed by atoms with E-state index >= 15 is 0 Å². The predicted molar refractivity (Wildman–Crippen MR) is 87.9 cm³/mol. The van der Waals surface area contributed by atoms with E-state index in [-0.39, 0.29) is 11.5 Å². The highest BCUT2D eigenvalue weighted by atomic mass is 16.3. The number of benzene rings is 3. The zero-order valence-corrected chi connectivity index (χ0v) is 12.4. The second-order valence-corrected chi connectivity index (χ2v) is 6.02. The van der Waals surface area contributed by atoms with Crippen LogP contribution in [-0.2, 0) is 6.42 Å². The van der Waals surface area contributed by atoms with Crippen molar-refractivity contribution in [2.45, 2.75) is 26.7 Å². The van der Waals surface area contributed by atoms with E-state index in [1.54, 1.807) is 0 Å². The Bertz CT molecular complexity index is 803. The highest BCUT2D eigenvalue weighted by molar-refractivity contribution is 6.11. The molecule has 0 aromatic heterocycles. The molecular formula is C19H20O2. The number of rotatable bonds is 3. The number of aromatic hydroxyl groups is 2. The van der Waals surface area contributed by atoms with Crippen LogP contribution in [0.25, 0.3) is 21.5 Å². The van der Waals surface area contributed by atoms with Gasteiger partial charge in [-0.15, -0.1) is 0 Å². The Morgan fingerprint density at radius 3 is 2.10 bits per heavy atom. The van der Waals surface area contributed by atoms with Gasteiger partial charge in [-0.2, -0.15) is 0 Å². The first-order valence-corrected chi connectivity index (χ1v) is 7.44. The van der Waals surface area contributed by atoms with Gasteiger partial charge in [0.25, 0.3) is 0 Å². The summed E-state index contributed by atoms with van der Waals surface area (Å²) < 4.78 is 0. The highest BCUT2D eigenvalue weighted by Gasteiger charge is 2.15. The Morgan fingerprint density at radius 2 is 1.43 bits per heavy atom. The summed E-state index contributed by atoms with van der Waals surface area (Å²) in [6.07, 6.45) is 1.96. The molecule has 108 valence electrons. The van der Waals surface area contributed by atoms with E-state index in [4.69, 9.17) is 0 Å². The van der Waals surface area contributed by atoms with Crippen LogP contribution in [0.4, 0.5) is 0 Å². The molecule has 0 spiro atoms. The van der Waals surface area contributed by atoms with Crippen LogP contribution in [0, 0.1) is 5.92 Å². The molecule has 0 saturated heterocycles. The van der Waals surface area contributed by atoms with E-state index in [2.05, 4.69) is 13.8 Å². The van der Waals surface area contributed by atoms with E-state index in [0.717, 1.165) is 29.2 Å². The first kappa shape index (κ1) is 13.7. The molecule has 21 heavy (non-hydrogen) atoms. The van der Waals surface area contributed by atoms with Crippen LogP contribution in [0.15, 0.2) is 42.5 Å². The first-order valence-electron chi connectivity index (χ1n) is 7.44. The number of phenols is 2. The number of fused-ring (bicyclic) bond motifs is 2. The van der Waals surface area contributed by atoms with Crippen molar-refractivity contribution in [2.24, 2.45) is 5.92 Å². The third-order valence-corrected chi connectivity index (χ3v) is 4.07. The van der Waals surface area contributed by atoms with E-state index in [9.17, 15) is 10.2 Å². The highest BCUT2D eigenvalue weighted by Crippen LogP contribution is 2.42. The Morgan fingerprint density at radius 1 is 0.810 bits per heavy atom. The largest absolute Gasteiger partial charge is 0.507 e. The maximum absolute atomic E-state index is 10.7. The van der Waals surface area contributed by atoms with Crippen LogP contribution < -0.4 is 0 Å². The molecule has 0 unspecified atom stereocenters. The summed E-state index contributed by atoms with van der Waals surface area (Å²) in [7, 11) is 0. The topological polar surface area (TPSA) is 40.5 Å². The van der Waals surface area contributed by atoms with Gasteiger partial charge in [-0.1, -0.05) is 56.3 Å². The van der Waals surface area contributed by atoms with Gasteiger partial charge in [0.1, 0.15) is 11.5 Å². The molecule has 0 atom stereocenters. The lowest BCUT2D eigenvalue weighted by Crippen LogP contribution is -1.94. The lowest BCUT2D eigenvalue weighted by atomic mass is 9.93. The van der Waals surface area contributed by atoms with Gasteiger partial charge in [0.15, 0.2) is 0 Å². The number of hydrogen-bond donors (Lipinski definition) is 2. The number of hydrogen-bond acceptors (Lipinski definition) is 2. The molecule has 0 radical (unpaired) electrons. The molecule has 3 aromatic carbocycles. The normalized spacial score (nSPS) is 11.6. The van der Waals surface area contributed by atoms with Gasteiger partial charge in [-0.3, -0.25) is 0 Å². The van der Waals surface area contributed by atoms with Crippen LogP contribution >= 0.6 is 0 Å². The monoisotopic (exact) mass is 280 g/mol. The van der Waals surface area contributed by atoms with Crippen molar-refractivity contribution in [1.82, 2.24) is 0 Å². The molecule has 0 amide bonds. The molecule has 3 aromatic rings. The van der Waals surface area contributed by atoms with Gasteiger partial charge in [-0.25, -0.2) is 0 Å². The molecule has 0 saturated carbocycles. The Hall–Kier alpha value is -2.22. The number of phenolic OH excluding ortho intramolecular Hbond substituents is 2. The average molecular weight is 280 g/mol. The lowest BCUT2D eigenvalue weighted by molar-refractivity contribution is 0.478. The third-order valence-electron chi connectivity index (χ3n) is 4.07. The predicted octanol–water partition coefficient (Wildman–Crippen LogP) is 4.99. The van der Waals surface area contributed by atoms with Crippen molar-refractivity contribution in [1.29, 1.82) is 0 Å². The van der Waals surface area contributed by atoms with Gasteiger partial charge in [0.05, 0.1) is 0 Å². The van der Waals surface area contributed by atoms with Crippen LogP contribution in [-0.4, -0.2) is 10.2 Å². The molecule has 0 fully saturated rings. The third kappa shape index (κ3) is 2.31. The summed E-state index contributed by atoms with van der Waals surface area (Å²) in [5.74, 6) is 1.14. The quantitative estimate of drug-likeness (QED) is 0.524. The summed E-state index contributed by atoms with van der Waals surface area (Å²) in [5.41, 5.74) is 1.10. The van der Waals surface area contributed by atoms with Gasteiger partial charge in [0, 0.05) is 21.5 Å². The van der Waals surface area contributed by atoms with Crippen molar-refractivity contribution in [3.8, 4) is 11.5 Å². The molecule has 0 aliphatic rings. The maximum Gasteiger partial charge on any atom is 0.131 e. The molecule has 2 heteroatoms. The van der Waals surface area contributed by atoms with Crippen LogP contribution in [0.1, 0.15) is 25.8 Å². The fourth-order valence-electron chi connectivity index (χ4n) is 2.91. The summed E-state index contributed by atoms with van der Waals surface area (Å²) >= 11 is 0. The maximum atomic E-state index is 10.7. The Kier molecular flexibility index (Phi) is 3.46. The van der Waals surface area contributed by atoms with Crippen LogP contribution in [0.5, 0.6) is 11.5 Å². The van der Waals surface area contributed by atoms with Crippen molar-refractivity contribution in [3.05, 3.63) is 48.0 Å². The molecule has 2 nitrogen and oxygen atoms in total. The van der Waals surface area contributed by atoms with Crippen molar-refractivity contribution in [2.75, 3.05) is 0 Å². The first-order chi connectivity index (χ1) is 10.1. The number of aryl methyl sites for hydroxylation is 1. The lowest BCUT2D eigenvalue weighted by Gasteiger charge is -2.14. The van der Waals surface area contributed by atoms with Gasteiger partial charge >= 0.3 is 0 Å². The minimum Gasteiger partial charge on any atom is -0.507 e. The average Bonchev–Trinajstić information content (AvgIpc) is 2.50. The summed E-state index contributed by atoms with van der Waals surface area (Å²) in [5, 5.41) is 24.1. The summed E-state index contributed by atoms with van der Waals surface area (Å²) in [6.45, 7) is 4.38. The molecular weight excluding hydrogens is 260 g/mol. The van der Waals surface area contributed by atoms with Crippen molar-refractivity contribution in [3.63, 3.8) is 0 Å². The molecule has 0 aliphatic carbocycles. The fraction of sp³-hybridized carbons (Fsp3) is 0.263. The zero-order valence-electron chi connectivity index (χ0n) is 12.4. The minimum atomic E-state index is 0.254. The Labute approximate surface area is 124 Å².